The van der Waals surface area contributed by atoms with Crippen LogP contribution in [0, 0.1) is 0 Å². The van der Waals surface area contributed by atoms with Crippen molar-refractivity contribution < 1.29 is 4.74 Å². The van der Waals surface area contributed by atoms with Crippen LogP contribution in [-0.2, 0) is 0 Å². The fraction of sp³-hybridized carbons (Fsp3) is 0.400. The summed E-state index contributed by atoms with van der Waals surface area (Å²) in [5.41, 5.74) is 3.91. The molecule has 3 rings (SSSR count). The van der Waals surface area contributed by atoms with Crippen molar-refractivity contribution in [2.24, 2.45) is 0 Å². The summed E-state index contributed by atoms with van der Waals surface area (Å²) in [6, 6.07) is 12.3. The fourth-order valence-electron chi connectivity index (χ4n) is 2.74. The Balaban J connectivity index is 1.73. The normalized spacial score (nSPS) is 11.6. The molecule has 0 radical (unpaired) electrons. The Morgan fingerprint density at radius 1 is 1.08 bits per heavy atom. The van der Waals surface area contributed by atoms with Crippen LogP contribution >= 0.6 is 0 Å². The molecule has 0 aliphatic heterocycles. The van der Waals surface area contributed by atoms with Crippen LogP contribution in [0.4, 0.5) is 0 Å². The Labute approximate surface area is 149 Å². The molecule has 0 aliphatic carbocycles. The maximum Gasteiger partial charge on any atom is 0.181 e. The zero-order valence-corrected chi connectivity index (χ0v) is 15.4. The average molecular weight is 338 g/mol. The van der Waals surface area contributed by atoms with E-state index in [0.29, 0.717) is 5.92 Å². The van der Waals surface area contributed by atoms with Crippen LogP contribution in [0.5, 0.6) is 5.75 Å². The summed E-state index contributed by atoms with van der Waals surface area (Å²) in [6.45, 7) is 6.04. The standard InChI is InChI=1S/C20H26N4O/c1-14(2)18-11-10-17-19(22-23-20(17)21-18)15-6-8-16(9-7-15)25-13-5-12-24(3)4/h6-11,14H,5,12-13H2,1-4H3,(H,21,22,23). The number of aromatic amines is 1. The molecule has 25 heavy (non-hydrogen) atoms. The molecular formula is C20H26N4O. The molecule has 0 unspecified atom stereocenters. The molecule has 5 nitrogen and oxygen atoms in total. The van der Waals surface area contributed by atoms with E-state index in [9.17, 15) is 0 Å². The summed E-state index contributed by atoms with van der Waals surface area (Å²) in [5.74, 6) is 1.29. The van der Waals surface area contributed by atoms with Crippen LogP contribution < -0.4 is 4.74 Å². The average Bonchev–Trinajstić information content (AvgIpc) is 3.02. The first kappa shape index (κ1) is 17.4. The number of hydrogen-bond acceptors (Lipinski definition) is 4. The zero-order chi connectivity index (χ0) is 17.8. The molecule has 1 N–H and O–H groups in total. The van der Waals surface area contributed by atoms with Gasteiger partial charge in [-0.1, -0.05) is 13.8 Å². The van der Waals surface area contributed by atoms with Gasteiger partial charge in [-0.15, -0.1) is 0 Å². The van der Waals surface area contributed by atoms with Crippen LogP contribution in [-0.4, -0.2) is 47.3 Å². The minimum Gasteiger partial charge on any atom is -0.494 e. The molecule has 132 valence electrons. The highest BCUT2D eigenvalue weighted by Gasteiger charge is 2.11. The van der Waals surface area contributed by atoms with E-state index >= 15 is 0 Å². The highest BCUT2D eigenvalue weighted by atomic mass is 16.5. The van der Waals surface area contributed by atoms with Crippen molar-refractivity contribution >= 4 is 11.0 Å². The summed E-state index contributed by atoms with van der Waals surface area (Å²) in [7, 11) is 4.14. The third-order valence-electron chi connectivity index (χ3n) is 4.19. The van der Waals surface area contributed by atoms with Gasteiger partial charge in [0.05, 0.1) is 12.3 Å². The van der Waals surface area contributed by atoms with Crippen LogP contribution in [0.25, 0.3) is 22.3 Å². The topological polar surface area (TPSA) is 54.0 Å². The Hall–Kier alpha value is -2.40. The van der Waals surface area contributed by atoms with Crippen LogP contribution in [0.3, 0.4) is 0 Å². The first-order chi connectivity index (χ1) is 12.0. The Morgan fingerprint density at radius 2 is 1.84 bits per heavy atom. The van der Waals surface area contributed by atoms with Crippen LogP contribution in [0.1, 0.15) is 31.9 Å². The first-order valence-electron chi connectivity index (χ1n) is 8.77. The quantitative estimate of drug-likeness (QED) is 0.660. The van der Waals surface area contributed by atoms with E-state index in [-0.39, 0.29) is 0 Å². The van der Waals surface area contributed by atoms with E-state index in [1.165, 1.54) is 0 Å². The Kier molecular flexibility index (Phi) is 5.34. The minimum absolute atomic E-state index is 0.397. The second-order valence-corrected chi connectivity index (χ2v) is 6.89. The van der Waals surface area contributed by atoms with Crippen molar-refractivity contribution in [3.05, 3.63) is 42.1 Å². The lowest BCUT2D eigenvalue weighted by Gasteiger charge is -2.10. The van der Waals surface area contributed by atoms with E-state index in [2.05, 4.69) is 72.3 Å². The summed E-state index contributed by atoms with van der Waals surface area (Å²) in [4.78, 5) is 6.79. The molecule has 0 bridgehead atoms. The van der Waals surface area contributed by atoms with Crippen molar-refractivity contribution in [2.45, 2.75) is 26.2 Å². The minimum atomic E-state index is 0.397. The highest BCUT2D eigenvalue weighted by Crippen LogP contribution is 2.28. The van der Waals surface area contributed by atoms with Gasteiger partial charge in [-0.05, 0) is 62.8 Å². The molecule has 0 spiro atoms. The van der Waals surface area contributed by atoms with Gasteiger partial charge in [0.15, 0.2) is 5.65 Å². The number of rotatable bonds is 7. The summed E-state index contributed by atoms with van der Waals surface area (Å²) < 4.78 is 5.79. The number of ether oxygens (including phenoxy) is 1. The van der Waals surface area contributed by atoms with Crippen LogP contribution in [0.15, 0.2) is 36.4 Å². The van der Waals surface area contributed by atoms with Gasteiger partial charge in [-0.2, -0.15) is 5.10 Å². The Bertz CT molecular complexity index is 821. The molecule has 0 saturated carbocycles. The molecule has 2 aromatic heterocycles. The van der Waals surface area contributed by atoms with Crippen molar-refractivity contribution in [2.75, 3.05) is 27.2 Å². The van der Waals surface area contributed by atoms with E-state index in [4.69, 9.17) is 4.74 Å². The third-order valence-corrected chi connectivity index (χ3v) is 4.19. The van der Waals surface area contributed by atoms with Crippen molar-refractivity contribution in [1.82, 2.24) is 20.1 Å². The predicted octanol–water partition coefficient (Wildman–Crippen LogP) is 4.08. The lowest BCUT2D eigenvalue weighted by Crippen LogP contribution is -2.15. The van der Waals surface area contributed by atoms with E-state index in [1.54, 1.807) is 0 Å². The second-order valence-electron chi connectivity index (χ2n) is 6.89. The monoisotopic (exact) mass is 338 g/mol. The number of nitrogens with zero attached hydrogens (tertiary/aromatic N) is 3. The second kappa shape index (κ2) is 7.66. The molecule has 5 heteroatoms. The molecule has 0 aliphatic rings. The maximum absolute atomic E-state index is 5.79. The van der Waals surface area contributed by atoms with E-state index in [1.807, 2.05) is 12.1 Å². The molecular weight excluding hydrogens is 312 g/mol. The smallest absolute Gasteiger partial charge is 0.181 e. The maximum atomic E-state index is 5.79. The molecule has 3 aromatic rings. The summed E-state index contributed by atoms with van der Waals surface area (Å²) >= 11 is 0. The number of benzene rings is 1. The lowest BCUT2D eigenvalue weighted by molar-refractivity contribution is 0.281. The zero-order valence-electron chi connectivity index (χ0n) is 15.4. The number of H-pyrrole nitrogens is 1. The molecule has 1 aromatic carbocycles. The van der Waals surface area contributed by atoms with Crippen molar-refractivity contribution in [3.63, 3.8) is 0 Å². The SMILES string of the molecule is CC(C)c1ccc2c(-c3ccc(OCCCN(C)C)cc3)[nH]nc2n1. The third kappa shape index (κ3) is 4.17. The highest BCUT2D eigenvalue weighted by molar-refractivity contribution is 5.90. The van der Waals surface area contributed by atoms with Crippen molar-refractivity contribution in [3.8, 4) is 17.0 Å². The van der Waals surface area contributed by atoms with Gasteiger partial charge < -0.3 is 9.64 Å². The van der Waals surface area contributed by atoms with Gasteiger partial charge in [0.25, 0.3) is 0 Å². The van der Waals surface area contributed by atoms with Gasteiger partial charge >= 0.3 is 0 Å². The molecule has 0 atom stereocenters. The van der Waals surface area contributed by atoms with E-state index in [0.717, 1.165) is 53.3 Å². The number of aromatic nitrogens is 3. The van der Waals surface area contributed by atoms with E-state index < -0.39 is 0 Å². The number of pyridine rings is 1. The molecule has 0 amide bonds. The molecule has 0 saturated heterocycles. The van der Waals surface area contributed by atoms with Crippen LogP contribution in [0.2, 0.25) is 0 Å². The van der Waals surface area contributed by atoms with Gasteiger partial charge in [-0.25, -0.2) is 4.98 Å². The van der Waals surface area contributed by atoms with Gasteiger partial charge in [0.1, 0.15) is 5.75 Å². The first-order valence-corrected chi connectivity index (χ1v) is 8.77. The number of fused-ring (bicyclic) bond motifs is 1. The number of nitrogens with one attached hydrogen (secondary N) is 1. The largest absolute Gasteiger partial charge is 0.494 e. The van der Waals surface area contributed by atoms with Gasteiger partial charge in [0.2, 0.25) is 0 Å². The van der Waals surface area contributed by atoms with Crippen molar-refractivity contribution in [1.29, 1.82) is 0 Å². The lowest BCUT2D eigenvalue weighted by atomic mass is 10.1. The molecule has 0 fully saturated rings. The number of hydrogen-bond donors (Lipinski definition) is 1. The predicted molar refractivity (Wildman–Crippen MR) is 102 cm³/mol. The summed E-state index contributed by atoms with van der Waals surface area (Å²) in [5, 5.41) is 8.53. The molecule has 2 heterocycles. The Morgan fingerprint density at radius 3 is 2.52 bits per heavy atom. The van der Waals surface area contributed by atoms with Gasteiger partial charge in [-0.3, -0.25) is 5.10 Å². The van der Waals surface area contributed by atoms with Gasteiger partial charge in [0, 0.05) is 23.2 Å². The fourth-order valence-corrected chi connectivity index (χ4v) is 2.74. The summed E-state index contributed by atoms with van der Waals surface area (Å²) in [6.07, 6.45) is 1.02.